The smallest absolute Gasteiger partial charge is 0.150 e. The molecule has 0 radical (unpaired) electrons. The third-order valence-electron chi connectivity index (χ3n) is 8.79. The average Bonchev–Trinajstić information content (AvgIpc) is 3.13. The molecule has 0 fully saturated rings. The Bertz CT molecular complexity index is 1810. The number of hydrogen-bond donors (Lipinski definition) is 0. The van der Waals surface area contributed by atoms with E-state index >= 15 is 0 Å². The summed E-state index contributed by atoms with van der Waals surface area (Å²) in [6.45, 7) is 8.79. The van der Waals surface area contributed by atoms with Gasteiger partial charge in [0, 0.05) is 45.3 Å². The Balaban J connectivity index is 1.31. The topological polar surface area (TPSA) is 40.6 Å². The first-order valence-electron chi connectivity index (χ1n) is 16.5. The summed E-state index contributed by atoms with van der Waals surface area (Å²) in [5, 5.41) is 0. The lowest BCUT2D eigenvalue weighted by Crippen LogP contribution is -2.10. The number of rotatable bonds is 11. The van der Waals surface area contributed by atoms with Crippen LogP contribution in [-0.4, -0.2) is 12.6 Å². The zero-order chi connectivity index (χ0) is 33.6. The fourth-order valence-electron chi connectivity index (χ4n) is 5.92. The van der Waals surface area contributed by atoms with Crippen LogP contribution < -0.4 is 9.80 Å². The predicted molar refractivity (Wildman–Crippen MR) is 200 cm³/mol. The van der Waals surface area contributed by atoms with Crippen LogP contribution in [-0.2, 0) is 0 Å². The summed E-state index contributed by atoms with van der Waals surface area (Å²) >= 11 is 0. The first-order valence-corrected chi connectivity index (χ1v) is 16.5. The zero-order valence-electron chi connectivity index (χ0n) is 27.9. The Morgan fingerprint density at radius 1 is 0.354 bits per heavy atom. The van der Waals surface area contributed by atoms with E-state index in [4.69, 9.17) is 0 Å². The Morgan fingerprint density at radius 2 is 0.583 bits per heavy atom. The SMILES string of the molecule is CC(C)c1ccc(N(c2ccc(C=O)cc2)c2ccc(-c3ccc(N(c4ccc(C=O)cc4)c4ccc(C(C)C)cc4)cc3)cc2)cc1. The van der Waals surface area contributed by atoms with Gasteiger partial charge in [0.05, 0.1) is 0 Å². The van der Waals surface area contributed by atoms with Crippen LogP contribution >= 0.6 is 0 Å². The average molecular weight is 629 g/mol. The largest absolute Gasteiger partial charge is 0.311 e. The standard InChI is InChI=1S/C44H40N2O2/c1-31(2)35-9-21-41(22-10-35)45(39-17-5-33(29-47)6-18-39)43-25-13-37(14-26-43)38-15-27-44(28-16-38)46(40-19-7-34(30-48)8-20-40)42-23-11-36(12-24-42)32(3)4/h5-32H,1-4H3. The number of hydrogen-bond acceptors (Lipinski definition) is 4. The molecule has 0 spiro atoms. The predicted octanol–water partition coefficient (Wildman–Crippen LogP) is 12.2. The van der Waals surface area contributed by atoms with Gasteiger partial charge in [-0.05, 0) is 131 Å². The minimum atomic E-state index is 0.450. The third-order valence-corrected chi connectivity index (χ3v) is 8.79. The number of carbonyl (C=O) groups is 2. The monoisotopic (exact) mass is 628 g/mol. The van der Waals surface area contributed by atoms with Gasteiger partial charge in [0.25, 0.3) is 0 Å². The van der Waals surface area contributed by atoms with Crippen molar-refractivity contribution in [1.82, 2.24) is 0 Å². The van der Waals surface area contributed by atoms with E-state index in [1.165, 1.54) is 11.1 Å². The molecule has 0 saturated carbocycles. The fraction of sp³-hybridized carbons (Fsp3) is 0.136. The highest BCUT2D eigenvalue weighted by molar-refractivity contribution is 5.83. The Hall–Kier alpha value is -5.74. The third kappa shape index (κ3) is 6.98. The van der Waals surface area contributed by atoms with Crippen LogP contribution in [0.15, 0.2) is 146 Å². The van der Waals surface area contributed by atoms with Crippen LogP contribution in [0.2, 0.25) is 0 Å². The highest BCUT2D eigenvalue weighted by Crippen LogP contribution is 2.38. The number of anilines is 6. The molecule has 0 atom stereocenters. The molecule has 4 nitrogen and oxygen atoms in total. The van der Waals surface area contributed by atoms with E-state index in [1.54, 1.807) is 0 Å². The van der Waals surface area contributed by atoms with Gasteiger partial charge in [-0.15, -0.1) is 0 Å². The molecule has 0 saturated heterocycles. The number of nitrogens with zero attached hydrogens (tertiary/aromatic N) is 2. The molecule has 0 N–H and O–H groups in total. The molecule has 0 heterocycles. The lowest BCUT2D eigenvalue weighted by atomic mass is 10.0. The molecular formula is C44H40N2O2. The van der Waals surface area contributed by atoms with Gasteiger partial charge in [-0.1, -0.05) is 76.2 Å². The molecule has 0 unspecified atom stereocenters. The quantitative estimate of drug-likeness (QED) is 0.134. The van der Waals surface area contributed by atoms with Crippen LogP contribution in [0.1, 0.15) is 71.4 Å². The molecule has 0 aliphatic heterocycles. The van der Waals surface area contributed by atoms with Gasteiger partial charge in [0.15, 0.2) is 0 Å². The van der Waals surface area contributed by atoms with Gasteiger partial charge in [-0.2, -0.15) is 0 Å². The van der Waals surface area contributed by atoms with Gasteiger partial charge in [-0.25, -0.2) is 0 Å². The first-order chi connectivity index (χ1) is 23.3. The highest BCUT2D eigenvalue weighted by Gasteiger charge is 2.16. The second-order valence-corrected chi connectivity index (χ2v) is 12.7. The van der Waals surface area contributed by atoms with Gasteiger partial charge in [-0.3, -0.25) is 9.59 Å². The van der Waals surface area contributed by atoms with Crippen LogP contribution in [0.4, 0.5) is 34.1 Å². The maximum atomic E-state index is 11.3. The molecule has 0 aliphatic carbocycles. The van der Waals surface area contributed by atoms with E-state index in [1.807, 2.05) is 48.5 Å². The lowest BCUT2D eigenvalue weighted by Gasteiger charge is -2.26. The van der Waals surface area contributed by atoms with Gasteiger partial charge >= 0.3 is 0 Å². The normalized spacial score (nSPS) is 11.0. The van der Waals surface area contributed by atoms with Gasteiger partial charge in [0.2, 0.25) is 0 Å². The van der Waals surface area contributed by atoms with Gasteiger partial charge < -0.3 is 9.80 Å². The van der Waals surface area contributed by atoms with Crippen molar-refractivity contribution < 1.29 is 9.59 Å². The Kier molecular flexibility index (Phi) is 9.63. The summed E-state index contributed by atoms with van der Waals surface area (Å²) in [7, 11) is 0. The zero-order valence-corrected chi connectivity index (χ0v) is 27.9. The van der Waals surface area contributed by atoms with Crippen molar-refractivity contribution >= 4 is 46.7 Å². The maximum Gasteiger partial charge on any atom is 0.150 e. The van der Waals surface area contributed by atoms with Crippen LogP contribution in [0.25, 0.3) is 11.1 Å². The summed E-state index contributed by atoms with van der Waals surface area (Å²) < 4.78 is 0. The Morgan fingerprint density at radius 3 is 0.812 bits per heavy atom. The van der Waals surface area contributed by atoms with Crippen molar-refractivity contribution in [1.29, 1.82) is 0 Å². The molecule has 4 heteroatoms. The molecular weight excluding hydrogens is 588 g/mol. The fourth-order valence-corrected chi connectivity index (χ4v) is 5.92. The summed E-state index contributed by atoms with van der Waals surface area (Å²) in [6, 6.07) is 49.9. The summed E-state index contributed by atoms with van der Waals surface area (Å²) in [5.74, 6) is 0.899. The van der Waals surface area contributed by atoms with E-state index in [2.05, 4.69) is 135 Å². The molecule has 6 aromatic rings. The summed E-state index contributed by atoms with van der Waals surface area (Å²) in [6.07, 6.45) is 1.74. The second kappa shape index (κ2) is 14.4. The molecule has 0 amide bonds. The number of benzene rings is 6. The number of carbonyl (C=O) groups excluding carboxylic acids is 2. The first kappa shape index (κ1) is 32.2. The molecule has 48 heavy (non-hydrogen) atoms. The van der Waals surface area contributed by atoms with Crippen molar-refractivity contribution in [3.8, 4) is 11.1 Å². The molecule has 238 valence electrons. The minimum absolute atomic E-state index is 0.450. The van der Waals surface area contributed by atoms with E-state index < -0.39 is 0 Å². The van der Waals surface area contributed by atoms with Crippen LogP contribution in [0.3, 0.4) is 0 Å². The van der Waals surface area contributed by atoms with Crippen molar-refractivity contribution in [3.63, 3.8) is 0 Å². The van der Waals surface area contributed by atoms with E-state index in [0.29, 0.717) is 23.0 Å². The molecule has 6 aromatic carbocycles. The van der Waals surface area contributed by atoms with Crippen molar-refractivity contribution in [2.45, 2.75) is 39.5 Å². The van der Waals surface area contributed by atoms with Crippen molar-refractivity contribution in [3.05, 3.63) is 168 Å². The molecule has 0 aromatic heterocycles. The second-order valence-electron chi connectivity index (χ2n) is 12.7. The van der Waals surface area contributed by atoms with Crippen molar-refractivity contribution in [2.24, 2.45) is 0 Å². The highest BCUT2D eigenvalue weighted by atomic mass is 16.1. The van der Waals surface area contributed by atoms with E-state index in [9.17, 15) is 9.59 Å². The van der Waals surface area contributed by atoms with Gasteiger partial charge in [0.1, 0.15) is 12.6 Å². The Labute approximate surface area is 283 Å². The molecule has 0 aliphatic rings. The number of aldehydes is 2. The lowest BCUT2D eigenvalue weighted by molar-refractivity contribution is 0.111. The maximum absolute atomic E-state index is 11.3. The van der Waals surface area contributed by atoms with Crippen molar-refractivity contribution in [2.75, 3.05) is 9.80 Å². The van der Waals surface area contributed by atoms with Crippen LogP contribution in [0, 0.1) is 0 Å². The van der Waals surface area contributed by atoms with E-state index in [-0.39, 0.29) is 0 Å². The van der Waals surface area contributed by atoms with Crippen LogP contribution in [0.5, 0.6) is 0 Å². The molecule has 0 bridgehead atoms. The summed E-state index contributed by atoms with van der Waals surface area (Å²) in [5.41, 5.74) is 12.2. The van der Waals surface area contributed by atoms with E-state index in [0.717, 1.165) is 57.8 Å². The minimum Gasteiger partial charge on any atom is -0.311 e. The summed E-state index contributed by atoms with van der Waals surface area (Å²) in [4.78, 5) is 27.1. The molecule has 6 rings (SSSR count).